The van der Waals surface area contributed by atoms with Gasteiger partial charge in [-0.3, -0.25) is 9.59 Å². The summed E-state index contributed by atoms with van der Waals surface area (Å²) in [5.41, 5.74) is 0. The van der Waals surface area contributed by atoms with E-state index in [-0.39, 0.29) is 11.8 Å². The van der Waals surface area contributed by atoms with Gasteiger partial charge in [0.15, 0.2) is 0 Å². The highest BCUT2D eigenvalue weighted by Gasteiger charge is 2.27. The molecule has 1 unspecified atom stereocenters. The summed E-state index contributed by atoms with van der Waals surface area (Å²) < 4.78 is 0. The minimum absolute atomic E-state index is 0.0859. The minimum Gasteiger partial charge on any atom is -0.342 e. The Kier molecular flexibility index (Phi) is 6.99. The van der Waals surface area contributed by atoms with Crippen molar-refractivity contribution in [2.24, 2.45) is 5.92 Å². The van der Waals surface area contributed by atoms with Crippen molar-refractivity contribution >= 4 is 11.7 Å². The number of hydrogen-bond acceptors (Lipinski definition) is 2. The lowest BCUT2D eigenvalue weighted by Crippen LogP contribution is -2.43. The van der Waals surface area contributed by atoms with E-state index in [0.29, 0.717) is 31.7 Å². The molecule has 0 saturated carbocycles. The molecule has 104 valence electrons. The van der Waals surface area contributed by atoms with E-state index < -0.39 is 0 Å². The van der Waals surface area contributed by atoms with E-state index in [1.165, 1.54) is 19.3 Å². The second-order valence-corrected chi connectivity index (χ2v) is 5.33. The number of rotatable bonds is 7. The number of carbonyl (C=O) groups excluding carboxylic acids is 2. The van der Waals surface area contributed by atoms with Crippen LogP contribution in [0.3, 0.4) is 0 Å². The number of piperidine rings is 1. The molecule has 0 bridgehead atoms. The molecule has 0 aliphatic carbocycles. The van der Waals surface area contributed by atoms with Crippen LogP contribution in [0.2, 0.25) is 0 Å². The van der Waals surface area contributed by atoms with E-state index in [9.17, 15) is 9.59 Å². The lowest BCUT2D eigenvalue weighted by atomic mass is 9.94. The second kappa shape index (κ2) is 8.28. The number of unbranched alkanes of at least 4 members (excludes halogenated alkanes) is 4. The molecule has 0 spiro atoms. The Morgan fingerprint density at radius 3 is 2.61 bits per heavy atom. The van der Waals surface area contributed by atoms with Gasteiger partial charge in [-0.25, -0.2) is 0 Å². The molecule has 1 saturated heterocycles. The van der Waals surface area contributed by atoms with Crippen LogP contribution >= 0.6 is 0 Å². The Labute approximate surface area is 111 Å². The Hall–Kier alpha value is -0.860. The molecular formula is C15H27NO2. The van der Waals surface area contributed by atoms with Gasteiger partial charge in [0.1, 0.15) is 5.78 Å². The van der Waals surface area contributed by atoms with Crippen LogP contribution in [0.25, 0.3) is 0 Å². The quantitative estimate of drug-likeness (QED) is 0.653. The highest BCUT2D eigenvalue weighted by atomic mass is 16.2. The highest BCUT2D eigenvalue weighted by molar-refractivity contribution is 5.85. The van der Waals surface area contributed by atoms with Gasteiger partial charge in [-0.15, -0.1) is 0 Å². The smallest absolute Gasteiger partial charge is 0.222 e. The van der Waals surface area contributed by atoms with Gasteiger partial charge >= 0.3 is 0 Å². The summed E-state index contributed by atoms with van der Waals surface area (Å²) in [5, 5.41) is 0. The monoisotopic (exact) mass is 253 g/mol. The van der Waals surface area contributed by atoms with Crippen molar-refractivity contribution in [1.82, 2.24) is 4.90 Å². The molecule has 0 aromatic heterocycles. The summed E-state index contributed by atoms with van der Waals surface area (Å²) in [6, 6.07) is 0. The Bertz CT molecular complexity index is 276. The molecule has 1 amide bonds. The maximum atomic E-state index is 12.0. The molecule has 0 radical (unpaired) electrons. The predicted octanol–water partition coefficient (Wildman–Crippen LogP) is 3.17. The lowest BCUT2D eigenvalue weighted by Gasteiger charge is -2.31. The summed E-state index contributed by atoms with van der Waals surface area (Å²) >= 11 is 0. The fourth-order valence-electron chi connectivity index (χ4n) is 2.53. The first-order chi connectivity index (χ1) is 8.69. The van der Waals surface area contributed by atoms with Gasteiger partial charge < -0.3 is 4.90 Å². The maximum Gasteiger partial charge on any atom is 0.222 e. The zero-order valence-electron chi connectivity index (χ0n) is 11.9. The van der Waals surface area contributed by atoms with E-state index in [2.05, 4.69) is 6.92 Å². The molecule has 1 aliphatic rings. The summed E-state index contributed by atoms with van der Waals surface area (Å²) in [7, 11) is 0. The number of carbonyl (C=O) groups is 2. The van der Waals surface area contributed by atoms with Crippen LogP contribution in [0.15, 0.2) is 0 Å². The predicted molar refractivity (Wildman–Crippen MR) is 73.4 cm³/mol. The van der Waals surface area contributed by atoms with E-state index in [0.717, 1.165) is 19.3 Å². The molecule has 1 heterocycles. The molecule has 18 heavy (non-hydrogen) atoms. The fraction of sp³-hybridized carbons (Fsp3) is 0.867. The first kappa shape index (κ1) is 15.2. The van der Waals surface area contributed by atoms with Crippen molar-refractivity contribution in [3.8, 4) is 0 Å². The molecule has 1 fully saturated rings. The fourth-order valence-corrected chi connectivity index (χ4v) is 2.53. The molecular weight excluding hydrogens is 226 g/mol. The van der Waals surface area contributed by atoms with Crippen LogP contribution in [0.1, 0.15) is 65.2 Å². The largest absolute Gasteiger partial charge is 0.342 e. The first-order valence-corrected chi connectivity index (χ1v) is 7.49. The van der Waals surface area contributed by atoms with Crippen molar-refractivity contribution < 1.29 is 9.59 Å². The molecule has 3 nitrogen and oxygen atoms in total. The summed E-state index contributed by atoms with van der Waals surface area (Å²) in [6.45, 7) is 5.52. The zero-order chi connectivity index (χ0) is 13.4. The summed E-state index contributed by atoms with van der Waals surface area (Å²) in [5.74, 6) is 0.671. The van der Waals surface area contributed by atoms with Gasteiger partial charge in [0, 0.05) is 31.8 Å². The Morgan fingerprint density at radius 2 is 1.94 bits per heavy atom. The summed E-state index contributed by atoms with van der Waals surface area (Å²) in [6.07, 6.45) is 7.97. The lowest BCUT2D eigenvalue weighted by molar-refractivity contribution is -0.137. The topological polar surface area (TPSA) is 37.4 Å². The second-order valence-electron chi connectivity index (χ2n) is 5.33. The molecule has 3 heteroatoms. The molecule has 0 aromatic rings. The van der Waals surface area contributed by atoms with Gasteiger partial charge in [0.25, 0.3) is 0 Å². The van der Waals surface area contributed by atoms with Gasteiger partial charge in [-0.2, -0.15) is 0 Å². The molecule has 1 aliphatic heterocycles. The molecule has 0 aromatic carbocycles. The summed E-state index contributed by atoms with van der Waals surface area (Å²) in [4.78, 5) is 25.5. The van der Waals surface area contributed by atoms with E-state index in [1.54, 1.807) is 0 Å². The standard InChI is InChI=1S/C15H27NO2/c1-3-5-6-7-8-9-15(18)16-11-10-14(17)13(4-2)12-16/h13H,3-12H2,1-2H3. The van der Waals surface area contributed by atoms with Crippen molar-refractivity contribution in [2.45, 2.75) is 65.2 Å². The van der Waals surface area contributed by atoms with Gasteiger partial charge in [0.05, 0.1) is 0 Å². The molecule has 1 rings (SSSR count). The number of amides is 1. The number of hydrogen-bond donors (Lipinski definition) is 0. The average molecular weight is 253 g/mol. The van der Waals surface area contributed by atoms with E-state index in [1.807, 2.05) is 11.8 Å². The van der Waals surface area contributed by atoms with Gasteiger partial charge in [0.2, 0.25) is 5.91 Å². The van der Waals surface area contributed by atoms with Crippen molar-refractivity contribution in [1.29, 1.82) is 0 Å². The van der Waals surface area contributed by atoms with E-state index in [4.69, 9.17) is 0 Å². The van der Waals surface area contributed by atoms with Crippen molar-refractivity contribution in [3.63, 3.8) is 0 Å². The van der Waals surface area contributed by atoms with Crippen molar-refractivity contribution in [2.75, 3.05) is 13.1 Å². The number of ketones is 1. The van der Waals surface area contributed by atoms with Crippen LogP contribution < -0.4 is 0 Å². The number of nitrogens with zero attached hydrogens (tertiary/aromatic N) is 1. The Balaban J connectivity index is 2.23. The molecule has 0 N–H and O–H groups in total. The number of Topliss-reactive ketones (excluding diaryl/α,β-unsaturated/α-hetero) is 1. The van der Waals surface area contributed by atoms with Crippen LogP contribution in [-0.4, -0.2) is 29.7 Å². The van der Waals surface area contributed by atoms with Crippen LogP contribution in [-0.2, 0) is 9.59 Å². The molecule has 1 atom stereocenters. The van der Waals surface area contributed by atoms with Gasteiger partial charge in [-0.1, -0.05) is 39.5 Å². The third kappa shape index (κ3) is 4.79. The zero-order valence-corrected chi connectivity index (χ0v) is 11.9. The van der Waals surface area contributed by atoms with Crippen molar-refractivity contribution in [3.05, 3.63) is 0 Å². The third-order valence-corrected chi connectivity index (χ3v) is 3.86. The SMILES string of the molecule is CCCCCCCC(=O)N1CCC(=O)C(CC)C1. The van der Waals surface area contributed by atoms with Crippen LogP contribution in [0.5, 0.6) is 0 Å². The van der Waals surface area contributed by atoms with Crippen LogP contribution in [0, 0.1) is 5.92 Å². The van der Waals surface area contributed by atoms with Gasteiger partial charge in [-0.05, 0) is 12.8 Å². The van der Waals surface area contributed by atoms with Crippen LogP contribution in [0.4, 0.5) is 0 Å². The normalized spacial score (nSPS) is 20.2. The number of likely N-dealkylation sites (tertiary alicyclic amines) is 1. The van der Waals surface area contributed by atoms with E-state index >= 15 is 0 Å². The first-order valence-electron chi connectivity index (χ1n) is 7.49. The third-order valence-electron chi connectivity index (χ3n) is 3.86. The highest BCUT2D eigenvalue weighted by Crippen LogP contribution is 2.17. The Morgan fingerprint density at radius 1 is 1.22 bits per heavy atom. The maximum absolute atomic E-state index is 12.0. The average Bonchev–Trinajstić information content (AvgIpc) is 2.38. The minimum atomic E-state index is 0.0859.